The third kappa shape index (κ3) is 3.91. The van der Waals surface area contributed by atoms with Crippen molar-refractivity contribution in [3.05, 3.63) is 84.3 Å². The lowest BCUT2D eigenvalue weighted by atomic mass is 10.0. The minimum Gasteiger partial charge on any atom is -0.449 e. The molecule has 2 aromatic heterocycles. The van der Waals surface area contributed by atoms with E-state index in [0.717, 1.165) is 11.1 Å². The molecule has 0 aliphatic rings. The van der Waals surface area contributed by atoms with Gasteiger partial charge in [0.2, 0.25) is 0 Å². The first-order valence-corrected chi connectivity index (χ1v) is 9.50. The van der Waals surface area contributed by atoms with Crippen LogP contribution in [-0.4, -0.2) is 32.6 Å². The zero-order chi connectivity index (χ0) is 21.1. The first kappa shape index (κ1) is 19.3. The predicted octanol–water partition coefficient (Wildman–Crippen LogP) is 3.89. The summed E-state index contributed by atoms with van der Waals surface area (Å²) in [6.45, 7) is 3.33. The first-order valence-electron chi connectivity index (χ1n) is 9.50. The maximum atomic E-state index is 12.7. The highest BCUT2D eigenvalue weighted by Gasteiger charge is 2.20. The quantitative estimate of drug-likeness (QED) is 0.514. The van der Waals surface area contributed by atoms with E-state index in [9.17, 15) is 9.59 Å². The highest BCUT2D eigenvalue weighted by atomic mass is 16.5. The molecular formula is C23H20N4O3. The molecule has 0 aliphatic heterocycles. The van der Waals surface area contributed by atoms with Crippen LogP contribution in [0.15, 0.2) is 72.9 Å². The summed E-state index contributed by atoms with van der Waals surface area (Å²) in [4.78, 5) is 25.2. The largest absolute Gasteiger partial charge is 0.449 e. The van der Waals surface area contributed by atoms with Crippen molar-refractivity contribution >= 4 is 23.2 Å². The molecule has 1 amide bonds. The summed E-state index contributed by atoms with van der Waals surface area (Å²) in [5.74, 6) is -0.347. The highest BCUT2D eigenvalue weighted by Crippen LogP contribution is 2.27. The van der Waals surface area contributed by atoms with E-state index in [-0.39, 0.29) is 0 Å². The molecule has 1 N–H and O–H groups in total. The number of ether oxygens (including phenoxy) is 1. The van der Waals surface area contributed by atoms with E-state index in [1.807, 2.05) is 54.6 Å². The lowest BCUT2D eigenvalue weighted by Gasteiger charge is -2.16. The predicted molar refractivity (Wildman–Crippen MR) is 113 cm³/mol. The number of esters is 1. The Hall–Kier alpha value is -4.00. The van der Waals surface area contributed by atoms with Crippen molar-refractivity contribution in [2.75, 3.05) is 5.32 Å². The monoisotopic (exact) mass is 400 g/mol. The van der Waals surface area contributed by atoms with Crippen LogP contribution in [-0.2, 0) is 9.53 Å². The van der Waals surface area contributed by atoms with Crippen LogP contribution in [0.4, 0.5) is 5.69 Å². The Morgan fingerprint density at radius 1 is 0.967 bits per heavy atom. The van der Waals surface area contributed by atoms with Crippen LogP contribution in [0.2, 0.25) is 0 Å². The second-order valence-electron chi connectivity index (χ2n) is 6.84. The number of anilines is 1. The number of aryl methyl sites for hydroxylation is 1. The van der Waals surface area contributed by atoms with Crippen molar-refractivity contribution in [1.82, 2.24) is 14.6 Å². The van der Waals surface area contributed by atoms with Gasteiger partial charge in [-0.25, -0.2) is 4.79 Å². The molecule has 1 atom stereocenters. The number of benzene rings is 2. The third-order valence-corrected chi connectivity index (χ3v) is 4.73. The fraction of sp³-hybridized carbons (Fsp3) is 0.130. The number of hydrogen-bond donors (Lipinski definition) is 1. The van der Waals surface area contributed by atoms with Gasteiger partial charge in [0.15, 0.2) is 11.8 Å². The van der Waals surface area contributed by atoms with E-state index in [4.69, 9.17) is 4.74 Å². The van der Waals surface area contributed by atoms with Crippen LogP contribution < -0.4 is 5.32 Å². The van der Waals surface area contributed by atoms with Crippen LogP contribution in [0.5, 0.6) is 0 Å². The Kier molecular flexibility index (Phi) is 5.26. The van der Waals surface area contributed by atoms with Gasteiger partial charge in [0.25, 0.3) is 5.91 Å². The summed E-state index contributed by atoms with van der Waals surface area (Å²) >= 11 is 0. The molecule has 2 heterocycles. The lowest BCUT2D eigenvalue weighted by Crippen LogP contribution is -2.30. The zero-order valence-electron chi connectivity index (χ0n) is 16.6. The van der Waals surface area contributed by atoms with Crippen LogP contribution in [0, 0.1) is 6.92 Å². The summed E-state index contributed by atoms with van der Waals surface area (Å²) in [5.41, 5.74) is 3.47. The highest BCUT2D eigenvalue weighted by molar-refractivity contribution is 5.99. The second-order valence-corrected chi connectivity index (χ2v) is 6.84. The number of nitrogens with zero attached hydrogens (tertiary/aromatic N) is 3. The van der Waals surface area contributed by atoms with Gasteiger partial charge in [-0.1, -0.05) is 48.5 Å². The summed E-state index contributed by atoms with van der Waals surface area (Å²) in [6, 6.07) is 20.5. The van der Waals surface area contributed by atoms with E-state index in [1.54, 1.807) is 36.6 Å². The van der Waals surface area contributed by atoms with Gasteiger partial charge < -0.3 is 10.1 Å². The molecule has 7 heteroatoms. The summed E-state index contributed by atoms with van der Waals surface area (Å²) in [7, 11) is 0. The van der Waals surface area contributed by atoms with Gasteiger partial charge in [0.05, 0.1) is 5.56 Å². The smallest absolute Gasteiger partial charge is 0.340 e. The van der Waals surface area contributed by atoms with Crippen LogP contribution in [0.25, 0.3) is 16.8 Å². The van der Waals surface area contributed by atoms with Crippen molar-refractivity contribution in [2.24, 2.45) is 0 Å². The van der Waals surface area contributed by atoms with Gasteiger partial charge in [-0.15, -0.1) is 10.2 Å². The van der Waals surface area contributed by atoms with Gasteiger partial charge in [-0.3, -0.25) is 9.20 Å². The van der Waals surface area contributed by atoms with E-state index < -0.39 is 18.0 Å². The summed E-state index contributed by atoms with van der Waals surface area (Å²) in [6.07, 6.45) is 0.626. The van der Waals surface area contributed by atoms with Crippen molar-refractivity contribution in [1.29, 1.82) is 0 Å². The normalized spacial score (nSPS) is 11.8. The molecule has 0 radical (unpaired) electrons. The number of pyridine rings is 1. The molecule has 1 unspecified atom stereocenters. The number of amides is 1. The average Bonchev–Trinajstić information content (AvgIpc) is 3.14. The van der Waals surface area contributed by atoms with Gasteiger partial charge in [0, 0.05) is 17.4 Å². The minimum absolute atomic E-state index is 0.315. The lowest BCUT2D eigenvalue weighted by molar-refractivity contribution is -0.123. The summed E-state index contributed by atoms with van der Waals surface area (Å²) < 4.78 is 7.07. The minimum atomic E-state index is -0.973. The topological polar surface area (TPSA) is 85.6 Å². The van der Waals surface area contributed by atoms with Gasteiger partial charge >= 0.3 is 5.97 Å². The number of nitrogens with one attached hydrogen (secondary N) is 1. The molecule has 0 aliphatic carbocycles. The molecule has 0 saturated carbocycles. The third-order valence-electron chi connectivity index (χ3n) is 4.73. The van der Waals surface area contributed by atoms with Gasteiger partial charge in [-0.05, 0) is 37.6 Å². The fourth-order valence-electron chi connectivity index (χ4n) is 3.10. The van der Waals surface area contributed by atoms with E-state index in [1.165, 1.54) is 0 Å². The number of carbonyl (C=O) groups excluding carboxylic acids is 2. The average molecular weight is 400 g/mol. The maximum Gasteiger partial charge on any atom is 0.340 e. The summed E-state index contributed by atoms with van der Waals surface area (Å²) in [5, 5.41) is 10.8. The molecular weight excluding hydrogens is 380 g/mol. The van der Waals surface area contributed by atoms with Crippen LogP contribution in [0.3, 0.4) is 0 Å². The fourth-order valence-corrected chi connectivity index (χ4v) is 3.10. The molecule has 7 nitrogen and oxygen atoms in total. The van der Waals surface area contributed by atoms with E-state index in [0.29, 0.717) is 22.7 Å². The Labute approximate surface area is 173 Å². The molecule has 30 heavy (non-hydrogen) atoms. The molecule has 4 aromatic rings. The first-order chi connectivity index (χ1) is 14.5. The van der Waals surface area contributed by atoms with Crippen molar-refractivity contribution < 1.29 is 14.3 Å². The molecule has 0 spiro atoms. The molecule has 150 valence electrons. The van der Waals surface area contributed by atoms with Crippen molar-refractivity contribution in [2.45, 2.75) is 20.0 Å². The number of rotatable bonds is 5. The van der Waals surface area contributed by atoms with Gasteiger partial charge in [0.1, 0.15) is 5.82 Å². The Bertz CT molecular complexity index is 1220. The second kappa shape index (κ2) is 8.16. The Morgan fingerprint density at radius 3 is 2.50 bits per heavy atom. The van der Waals surface area contributed by atoms with Crippen LogP contribution >= 0.6 is 0 Å². The zero-order valence-corrected chi connectivity index (χ0v) is 16.6. The molecule has 2 aromatic carbocycles. The standard InChI is InChI=1S/C23H20N4O3/c1-15(30-23(29)18-12-13-21-26-25-16(2)27(21)14-18)22(28)24-20-11-7-6-10-19(20)17-8-4-3-5-9-17/h3-15H,1-2H3,(H,24,28). The van der Waals surface area contributed by atoms with E-state index >= 15 is 0 Å². The molecule has 0 bridgehead atoms. The number of hydrogen-bond acceptors (Lipinski definition) is 5. The van der Waals surface area contributed by atoms with Gasteiger partial charge in [-0.2, -0.15) is 0 Å². The molecule has 0 fully saturated rings. The van der Waals surface area contributed by atoms with E-state index in [2.05, 4.69) is 15.5 Å². The molecule has 4 rings (SSSR count). The number of aromatic nitrogens is 3. The van der Waals surface area contributed by atoms with Crippen molar-refractivity contribution in [3.63, 3.8) is 0 Å². The number of fused-ring (bicyclic) bond motifs is 1. The van der Waals surface area contributed by atoms with Crippen LogP contribution in [0.1, 0.15) is 23.1 Å². The van der Waals surface area contributed by atoms with Crippen molar-refractivity contribution in [3.8, 4) is 11.1 Å². The molecule has 0 saturated heterocycles. The Balaban J connectivity index is 1.48. The maximum absolute atomic E-state index is 12.7. The number of para-hydroxylation sites is 1. The Morgan fingerprint density at radius 2 is 1.70 bits per heavy atom. The SMILES string of the molecule is Cc1nnc2ccc(C(=O)OC(C)C(=O)Nc3ccccc3-c3ccccc3)cn12. The number of carbonyl (C=O) groups is 2.